The minimum atomic E-state index is -2.14. The number of hydrogen-bond acceptors (Lipinski definition) is 6. The van der Waals surface area contributed by atoms with Gasteiger partial charge in [-0.15, -0.1) is 0 Å². The number of likely N-dealkylation sites (tertiary alicyclic amines) is 1. The van der Waals surface area contributed by atoms with Crippen LogP contribution in [0.1, 0.15) is 18.9 Å². The number of halogens is 3. The van der Waals surface area contributed by atoms with Crippen molar-refractivity contribution in [3.05, 3.63) is 59.5 Å². The van der Waals surface area contributed by atoms with E-state index in [1.807, 2.05) is 10.8 Å². The van der Waals surface area contributed by atoms with Gasteiger partial charge in [0.1, 0.15) is 29.4 Å². The maximum absolute atomic E-state index is 15.9. The molecule has 2 aromatic carbocycles. The van der Waals surface area contributed by atoms with Crippen LogP contribution in [0.15, 0.2) is 47.8 Å². The van der Waals surface area contributed by atoms with E-state index in [0.717, 1.165) is 32.0 Å². The molecule has 1 atom stereocenters. The molecule has 1 unspecified atom stereocenters. The van der Waals surface area contributed by atoms with Gasteiger partial charge >= 0.3 is 0 Å². The Hall–Kier alpha value is -3.28. The lowest BCUT2D eigenvalue weighted by Gasteiger charge is -2.30. The van der Waals surface area contributed by atoms with Crippen LogP contribution in [0.5, 0.6) is 5.75 Å². The van der Waals surface area contributed by atoms with E-state index in [0.29, 0.717) is 16.6 Å². The normalized spacial score (nSPS) is 15.7. The van der Waals surface area contributed by atoms with Gasteiger partial charge in [0.05, 0.1) is 28.1 Å². The minimum absolute atomic E-state index is 0.0715. The van der Waals surface area contributed by atoms with Gasteiger partial charge in [0.2, 0.25) is 0 Å². The number of nitrogen functional groups attached to an aromatic ring is 1. The first-order valence-electron chi connectivity index (χ1n) is 11.6. The summed E-state index contributed by atoms with van der Waals surface area (Å²) < 4.78 is 52.9. The van der Waals surface area contributed by atoms with Crippen LogP contribution in [0.25, 0.3) is 22.2 Å². The Morgan fingerprint density at radius 3 is 2.68 bits per heavy atom. The Kier molecular flexibility index (Phi) is 7.02. The molecule has 1 aliphatic rings. The first-order valence-corrected chi connectivity index (χ1v) is 13.1. The standard InChI is InChI=1S/C25H25ClF2N6O2S/c1-33-8-6-14(7-9-33)34-12-16(22-24(29)30-13-31-25(22)34)15-4-3-5-19(23(15)28)32-37(35)21-10-17(26)20(36-2)11-18(21)27/h3-5,10-14,32H,6-9H2,1-2H3,(H2,29,30,31). The van der Waals surface area contributed by atoms with Gasteiger partial charge < -0.3 is 19.9 Å². The highest BCUT2D eigenvalue weighted by Gasteiger charge is 2.25. The smallest absolute Gasteiger partial charge is 0.155 e. The van der Waals surface area contributed by atoms with Crippen molar-refractivity contribution in [1.82, 2.24) is 19.4 Å². The molecule has 4 aromatic rings. The Bertz CT molecular complexity index is 1510. The third-order valence-corrected chi connectivity index (χ3v) is 8.03. The SMILES string of the molecule is COc1cc(F)c(S(=O)Nc2cccc(-c3cn(C4CCN(C)CC4)c4ncnc(N)c34)c2F)cc1Cl. The van der Waals surface area contributed by atoms with Crippen LogP contribution < -0.4 is 15.2 Å². The largest absolute Gasteiger partial charge is 0.495 e. The van der Waals surface area contributed by atoms with Gasteiger partial charge in [-0.2, -0.15) is 0 Å². The van der Waals surface area contributed by atoms with E-state index in [-0.39, 0.29) is 38.8 Å². The number of hydrogen-bond donors (Lipinski definition) is 2. The molecule has 8 nitrogen and oxygen atoms in total. The van der Waals surface area contributed by atoms with Crippen molar-refractivity contribution in [1.29, 1.82) is 0 Å². The molecule has 1 fully saturated rings. The van der Waals surface area contributed by atoms with Crippen LogP contribution in [0.2, 0.25) is 5.02 Å². The Labute approximate surface area is 220 Å². The Morgan fingerprint density at radius 1 is 1.19 bits per heavy atom. The quantitative estimate of drug-likeness (QED) is 0.352. The van der Waals surface area contributed by atoms with Crippen molar-refractivity contribution in [2.45, 2.75) is 23.8 Å². The molecule has 5 rings (SSSR count). The summed E-state index contributed by atoms with van der Waals surface area (Å²) >= 11 is 6.07. The van der Waals surface area contributed by atoms with Crippen LogP contribution in [-0.2, 0) is 11.0 Å². The summed E-state index contributed by atoms with van der Waals surface area (Å²) in [5, 5.41) is 0.632. The molecule has 1 saturated heterocycles. The van der Waals surface area contributed by atoms with Gasteiger partial charge in [-0.05, 0) is 45.1 Å². The van der Waals surface area contributed by atoms with E-state index in [9.17, 15) is 8.60 Å². The van der Waals surface area contributed by atoms with Crippen LogP contribution in [-0.4, -0.2) is 50.9 Å². The van der Waals surface area contributed by atoms with Crippen molar-refractivity contribution in [2.75, 3.05) is 37.7 Å². The number of nitrogens with one attached hydrogen (secondary N) is 1. The monoisotopic (exact) mass is 546 g/mol. The first kappa shape index (κ1) is 25.4. The molecule has 0 amide bonds. The van der Waals surface area contributed by atoms with Gasteiger partial charge in [0.15, 0.2) is 16.8 Å². The maximum atomic E-state index is 15.9. The molecular formula is C25H25ClF2N6O2S. The van der Waals surface area contributed by atoms with Gasteiger partial charge in [0, 0.05) is 29.4 Å². The van der Waals surface area contributed by atoms with Crippen molar-refractivity contribution in [2.24, 2.45) is 0 Å². The molecule has 2 aromatic heterocycles. The van der Waals surface area contributed by atoms with Crippen LogP contribution in [0.3, 0.4) is 0 Å². The molecule has 194 valence electrons. The zero-order valence-electron chi connectivity index (χ0n) is 20.2. The topological polar surface area (TPSA) is 98.3 Å². The summed E-state index contributed by atoms with van der Waals surface area (Å²) in [5.41, 5.74) is 7.55. The third-order valence-electron chi connectivity index (χ3n) is 6.62. The number of rotatable bonds is 6. The number of methoxy groups -OCH3 is 1. The number of anilines is 2. The predicted octanol–water partition coefficient (Wildman–Crippen LogP) is 5.02. The Balaban J connectivity index is 1.54. The zero-order valence-corrected chi connectivity index (χ0v) is 21.7. The lowest BCUT2D eigenvalue weighted by Crippen LogP contribution is -2.31. The molecule has 12 heteroatoms. The zero-order chi connectivity index (χ0) is 26.3. The number of nitrogens with two attached hydrogens (primary N) is 1. The second-order valence-corrected chi connectivity index (χ2v) is 10.5. The summed E-state index contributed by atoms with van der Waals surface area (Å²) in [7, 11) is 1.29. The van der Waals surface area contributed by atoms with E-state index in [1.165, 1.54) is 25.6 Å². The molecule has 0 aliphatic carbocycles. The lowest BCUT2D eigenvalue weighted by molar-refractivity contribution is 0.224. The summed E-state index contributed by atoms with van der Waals surface area (Å²) in [6.45, 7) is 1.87. The molecule has 3 N–H and O–H groups in total. The number of nitrogens with zero attached hydrogens (tertiary/aromatic N) is 4. The summed E-state index contributed by atoms with van der Waals surface area (Å²) in [5.74, 6) is -1.12. The van der Waals surface area contributed by atoms with Gasteiger partial charge in [-0.1, -0.05) is 23.7 Å². The number of piperidine rings is 1. The molecule has 37 heavy (non-hydrogen) atoms. The van der Waals surface area contributed by atoms with Gasteiger partial charge in [-0.3, -0.25) is 4.72 Å². The minimum Gasteiger partial charge on any atom is -0.495 e. The first-order chi connectivity index (χ1) is 17.8. The fraction of sp³-hybridized carbons (Fsp3) is 0.280. The number of benzene rings is 2. The molecule has 0 saturated carbocycles. The number of fused-ring (bicyclic) bond motifs is 1. The van der Waals surface area contributed by atoms with E-state index in [4.69, 9.17) is 22.1 Å². The van der Waals surface area contributed by atoms with Crippen LogP contribution in [0.4, 0.5) is 20.3 Å². The van der Waals surface area contributed by atoms with E-state index < -0.39 is 22.6 Å². The van der Waals surface area contributed by atoms with Crippen LogP contribution >= 0.6 is 11.6 Å². The molecule has 3 heterocycles. The number of aromatic nitrogens is 3. The maximum Gasteiger partial charge on any atom is 0.155 e. The predicted molar refractivity (Wildman–Crippen MR) is 141 cm³/mol. The lowest BCUT2D eigenvalue weighted by atomic mass is 10.0. The van der Waals surface area contributed by atoms with Crippen molar-refractivity contribution < 1.29 is 17.7 Å². The van der Waals surface area contributed by atoms with E-state index >= 15 is 4.39 Å². The molecule has 0 radical (unpaired) electrons. The molecule has 1 aliphatic heterocycles. The molecular weight excluding hydrogens is 522 g/mol. The van der Waals surface area contributed by atoms with Crippen LogP contribution in [0, 0.1) is 11.6 Å². The van der Waals surface area contributed by atoms with Crippen molar-refractivity contribution in [3.63, 3.8) is 0 Å². The summed E-state index contributed by atoms with van der Waals surface area (Å²) in [6.07, 6.45) is 5.10. The summed E-state index contributed by atoms with van der Waals surface area (Å²) in [6, 6.07) is 7.05. The summed E-state index contributed by atoms with van der Waals surface area (Å²) in [4.78, 5) is 10.6. The van der Waals surface area contributed by atoms with Crippen molar-refractivity contribution >= 4 is 45.1 Å². The fourth-order valence-electron chi connectivity index (χ4n) is 4.65. The Morgan fingerprint density at radius 2 is 1.95 bits per heavy atom. The fourth-order valence-corrected chi connectivity index (χ4v) is 5.88. The average molecular weight is 547 g/mol. The van der Waals surface area contributed by atoms with Gasteiger partial charge in [-0.25, -0.2) is 23.0 Å². The van der Waals surface area contributed by atoms with E-state index in [1.54, 1.807) is 12.1 Å². The highest BCUT2D eigenvalue weighted by Crippen LogP contribution is 2.39. The number of ether oxygens (including phenoxy) is 1. The highest BCUT2D eigenvalue weighted by molar-refractivity contribution is 7.86. The highest BCUT2D eigenvalue weighted by atomic mass is 35.5. The van der Waals surface area contributed by atoms with Gasteiger partial charge in [0.25, 0.3) is 0 Å². The van der Waals surface area contributed by atoms with Crippen molar-refractivity contribution in [3.8, 4) is 16.9 Å². The second kappa shape index (κ2) is 10.2. The molecule has 0 bridgehead atoms. The third kappa shape index (κ3) is 4.74. The molecule has 0 spiro atoms. The second-order valence-electron chi connectivity index (χ2n) is 8.90. The van der Waals surface area contributed by atoms with E-state index in [2.05, 4.69) is 26.6 Å². The average Bonchev–Trinajstić information content (AvgIpc) is 3.27.